The maximum Gasteiger partial charge on any atom is 0.116 e. The molecule has 0 aliphatic rings. The number of benzene rings is 1. The molecule has 2 heteroatoms. The molecule has 3 rings (SSSR count). The summed E-state index contributed by atoms with van der Waals surface area (Å²) in [6.07, 6.45) is 7.57. The zero-order chi connectivity index (χ0) is 19.2. The monoisotopic (exact) mass is 360 g/mol. The van der Waals surface area contributed by atoms with Gasteiger partial charge < -0.3 is 4.40 Å². The molecule has 3 aromatic rings. The first kappa shape index (κ1) is 19.4. The summed E-state index contributed by atoms with van der Waals surface area (Å²) < 4.78 is 2.40. The molecule has 1 unspecified atom stereocenters. The van der Waals surface area contributed by atoms with Crippen LogP contribution < -0.4 is 0 Å². The number of nitrogens with zero attached hydrogens (tertiary/aromatic N) is 2. The minimum atomic E-state index is 0.474. The van der Waals surface area contributed by atoms with Crippen LogP contribution in [-0.2, 0) is 12.8 Å². The molecule has 0 saturated carbocycles. The number of hydrogen-bond acceptors (Lipinski definition) is 1. The van der Waals surface area contributed by atoms with Crippen molar-refractivity contribution in [1.82, 2.24) is 9.38 Å². The summed E-state index contributed by atoms with van der Waals surface area (Å²) in [5.74, 6) is 2.27. The van der Waals surface area contributed by atoms with Gasteiger partial charge in [-0.25, -0.2) is 4.98 Å². The zero-order valence-electron chi connectivity index (χ0n) is 17.0. The normalized spacial score (nSPS) is 12.6. The van der Waals surface area contributed by atoms with Crippen LogP contribution in [0.1, 0.15) is 63.0 Å². The lowest BCUT2D eigenvalue weighted by atomic mass is 9.89. The Bertz CT molecular complexity index is 874. The van der Waals surface area contributed by atoms with Crippen molar-refractivity contribution in [2.75, 3.05) is 0 Å². The van der Waals surface area contributed by atoms with E-state index < -0.39 is 0 Å². The summed E-state index contributed by atoms with van der Waals surface area (Å²) >= 11 is 0. The maximum atomic E-state index is 4.87. The van der Waals surface area contributed by atoms with Crippen molar-refractivity contribution in [2.24, 2.45) is 5.92 Å². The average Bonchev–Trinajstić information content (AvgIpc) is 3.08. The topological polar surface area (TPSA) is 17.3 Å². The van der Waals surface area contributed by atoms with Gasteiger partial charge in [0.05, 0.1) is 11.7 Å². The van der Waals surface area contributed by atoms with Crippen LogP contribution in [0.25, 0.3) is 5.52 Å². The molecule has 142 valence electrons. The van der Waals surface area contributed by atoms with Crippen molar-refractivity contribution >= 4 is 5.52 Å². The number of hydrogen-bond donors (Lipinski definition) is 0. The highest BCUT2D eigenvalue weighted by atomic mass is 15.0. The first-order valence-corrected chi connectivity index (χ1v) is 10.2. The molecule has 0 aliphatic heterocycles. The fourth-order valence-electron chi connectivity index (χ4n) is 3.87. The van der Waals surface area contributed by atoms with Crippen molar-refractivity contribution in [1.29, 1.82) is 0 Å². The van der Waals surface area contributed by atoms with E-state index in [2.05, 4.69) is 80.3 Å². The number of imidazole rings is 1. The molecule has 0 fully saturated rings. The van der Waals surface area contributed by atoms with E-state index in [4.69, 9.17) is 4.98 Å². The Morgan fingerprint density at radius 3 is 2.52 bits per heavy atom. The van der Waals surface area contributed by atoms with E-state index in [0.717, 1.165) is 19.3 Å². The second kappa shape index (κ2) is 9.03. The zero-order valence-corrected chi connectivity index (χ0v) is 17.0. The highest BCUT2D eigenvalue weighted by Gasteiger charge is 2.21. The molecule has 27 heavy (non-hydrogen) atoms. The van der Waals surface area contributed by atoms with Gasteiger partial charge in [0.25, 0.3) is 0 Å². The molecular formula is C25H32N2. The fraction of sp³-hybridized carbons (Fsp3) is 0.400. The quantitative estimate of drug-likeness (QED) is 0.393. The third-order valence-corrected chi connectivity index (χ3v) is 5.43. The fourth-order valence-corrected chi connectivity index (χ4v) is 3.87. The molecule has 2 aromatic heterocycles. The van der Waals surface area contributed by atoms with Gasteiger partial charge in [-0.1, -0.05) is 55.8 Å². The third-order valence-electron chi connectivity index (χ3n) is 5.43. The van der Waals surface area contributed by atoms with E-state index in [-0.39, 0.29) is 0 Å². The smallest absolute Gasteiger partial charge is 0.116 e. The standard InChI is InChI=1S/C25H32N2/c1-19(2)16-17-22-13-9-14-23-18-26-25(27(22)23)24(20(3)4)15-8-12-21-10-6-5-7-11-21/h5-7,9-11,13-14,18,20,24H,1,8,12,15-17H2,2-4H3. The van der Waals surface area contributed by atoms with Crippen molar-refractivity contribution < 1.29 is 0 Å². The number of aryl methyl sites for hydroxylation is 2. The second-order valence-corrected chi connectivity index (χ2v) is 8.08. The van der Waals surface area contributed by atoms with Crippen LogP contribution in [-0.4, -0.2) is 9.38 Å². The molecule has 0 N–H and O–H groups in total. The van der Waals surface area contributed by atoms with E-state index in [9.17, 15) is 0 Å². The number of fused-ring (bicyclic) bond motifs is 1. The van der Waals surface area contributed by atoms with Gasteiger partial charge in [-0.15, -0.1) is 6.58 Å². The van der Waals surface area contributed by atoms with Crippen molar-refractivity contribution in [3.63, 3.8) is 0 Å². The average molecular weight is 361 g/mol. The summed E-state index contributed by atoms with van der Waals surface area (Å²) in [5.41, 5.74) is 5.21. The Balaban J connectivity index is 1.82. The van der Waals surface area contributed by atoms with E-state index in [0.29, 0.717) is 11.8 Å². The Kier molecular flexibility index (Phi) is 6.49. The molecule has 0 aliphatic carbocycles. The first-order chi connectivity index (χ1) is 13.1. The van der Waals surface area contributed by atoms with Crippen LogP contribution in [0.4, 0.5) is 0 Å². The minimum absolute atomic E-state index is 0.474. The molecule has 0 saturated heterocycles. The van der Waals surface area contributed by atoms with Gasteiger partial charge >= 0.3 is 0 Å². The summed E-state index contributed by atoms with van der Waals surface area (Å²) in [6, 6.07) is 17.4. The van der Waals surface area contributed by atoms with E-state index in [1.807, 2.05) is 6.20 Å². The Morgan fingerprint density at radius 1 is 1.04 bits per heavy atom. The first-order valence-electron chi connectivity index (χ1n) is 10.2. The number of aromatic nitrogens is 2. The van der Waals surface area contributed by atoms with Crippen molar-refractivity contribution in [3.8, 4) is 0 Å². The van der Waals surface area contributed by atoms with Crippen LogP contribution in [0.15, 0.2) is 66.9 Å². The molecular weight excluding hydrogens is 328 g/mol. The highest BCUT2D eigenvalue weighted by molar-refractivity contribution is 5.48. The Labute approximate surface area is 164 Å². The molecule has 0 amide bonds. The number of rotatable bonds is 9. The van der Waals surface area contributed by atoms with Crippen molar-refractivity contribution in [2.45, 2.75) is 58.8 Å². The van der Waals surface area contributed by atoms with Crippen molar-refractivity contribution in [3.05, 3.63) is 84.0 Å². The lowest BCUT2D eigenvalue weighted by Crippen LogP contribution is -2.13. The second-order valence-electron chi connectivity index (χ2n) is 8.08. The highest BCUT2D eigenvalue weighted by Crippen LogP contribution is 2.30. The van der Waals surface area contributed by atoms with Gasteiger partial charge in [-0.3, -0.25) is 0 Å². The minimum Gasteiger partial charge on any atom is -0.300 e. The molecule has 0 bridgehead atoms. The molecule has 1 atom stereocenters. The van der Waals surface area contributed by atoms with Crippen LogP contribution in [0.3, 0.4) is 0 Å². The molecule has 2 heterocycles. The lowest BCUT2D eigenvalue weighted by Gasteiger charge is -2.21. The van der Waals surface area contributed by atoms with E-state index >= 15 is 0 Å². The van der Waals surface area contributed by atoms with Crippen LogP contribution in [0.5, 0.6) is 0 Å². The maximum absolute atomic E-state index is 4.87. The summed E-state index contributed by atoms with van der Waals surface area (Å²) in [4.78, 5) is 4.87. The summed E-state index contributed by atoms with van der Waals surface area (Å²) in [7, 11) is 0. The van der Waals surface area contributed by atoms with Crippen LogP contribution in [0, 0.1) is 5.92 Å². The van der Waals surface area contributed by atoms with Gasteiger partial charge in [-0.05, 0) is 62.6 Å². The molecule has 1 aromatic carbocycles. The molecule has 0 spiro atoms. The third kappa shape index (κ3) is 4.88. The van der Waals surface area contributed by atoms with Crippen LogP contribution in [0.2, 0.25) is 0 Å². The molecule has 0 radical (unpaired) electrons. The number of pyridine rings is 1. The van der Waals surface area contributed by atoms with Gasteiger partial charge in [0.2, 0.25) is 0 Å². The number of allylic oxidation sites excluding steroid dienone is 1. The van der Waals surface area contributed by atoms with E-state index in [1.54, 1.807) is 0 Å². The van der Waals surface area contributed by atoms with Gasteiger partial charge in [0.15, 0.2) is 0 Å². The predicted octanol–water partition coefficient (Wildman–Crippen LogP) is 6.61. The van der Waals surface area contributed by atoms with E-state index in [1.165, 1.54) is 41.0 Å². The summed E-state index contributed by atoms with van der Waals surface area (Å²) in [5, 5.41) is 0. The van der Waals surface area contributed by atoms with Gasteiger partial charge in [0.1, 0.15) is 5.82 Å². The van der Waals surface area contributed by atoms with Gasteiger partial charge in [-0.2, -0.15) is 0 Å². The Hall–Kier alpha value is -2.35. The summed E-state index contributed by atoms with van der Waals surface area (Å²) in [6.45, 7) is 10.8. The van der Waals surface area contributed by atoms with Crippen LogP contribution >= 0.6 is 0 Å². The van der Waals surface area contributed by atoms with Gasteiger partial charge in [0, 0.05) is 11.6 Å². The lowest BCUT2D eigenvalue weighted by molar-refractivity contribution is 0.433. The largest absolute Gasteiger partial charge is 0.300 e. The predicted molar refractivity (Wildman–Crippen MR) is 115 cm³/mol. The molecule has 2 nitrogen and oxygen atoms in total. The SMILES string of the molecule is C=C(C)CCc1cccc2cnc(C(CCCc3ccccc3)C(C)C)n12. The Morgan fingerprint density at radius 2 is 1.81 bits per heavy atom.